The summed E-state index contributed by atoms with van der Waals surface area (Å²) >= 11 is 0. The molecule has 0 unspecified atom stereocenters. The van der Waals surface area contributed by atoms with Crippen molar-refractivity contribution >= 4 is 86.5 Å². The number of hydrogen-bond donors (Lipinski definition) is 0. The Balaban J connectivity index is 0.931. The standard InChI is InChI=1S/C92H76N4/c1-64-25-41-75(42-26-64)93(72-19-11-6-12-20-72)80-51-55-84-85-56-52-81(94(73-21-13-7-14-22-73)76-43-27-65(2)28-44-76)61-89(85)92(88(84)60-80)90-62-82(95(74-23-15-8-16-24-74)77-45-29-66(3)30-46-77)53-57-86(90)87-58-54-83(63-91(87)92)96(78-47-31-67(4)32-48-78)79-49-39-69(40-50-79)34-33-68-35-37-71(38-36-68)59-70-17-9-5-10-18-70/h6-8,11-16,19-63H,5,9-10,17-18H2,1-4H3/b34-33+. The number of benzene rings is 13. The highest BCUT2D eigenvalue weighted by molar-refractivity contribution is 6.00. The summed E-state index contributed by atoms with van der Waals surface area (Å²) < 4.78 is 0. The molecule has 4 nitrogen and oxygen atoms in total. The molecule has 3 aliphatic rings. The van der Waals surface area contributed by atoms with Gasteiger partial charge in [0, 0.05) is 68.2 Å². The van der Waals surface area contributed by atoms with Gasteiger partial charge in [-0.1, -0.05) is 216 Å². The van der Waals surface area contributed by atoms with Crippen molar-refractivity contribution in [2.75, 3.05) is 19.6 Å². The van der Waals surface area contributed by atoms with Gasteiger partial charge < -0.3 is 19.6 Å². The van der Waals surface area contributed by atoms with Crippen LogP contribution < -0.4 is 19.6 Å². The first kappa shape index (κ1) is 59.5. The molecular formula is C92H76N4. The maximum Gasteiger partial charge on any atom is 0.0728 e. The van der Waals surface area contributed by atoms with E-state index in [-0.39, 0.29) is 0 Å². The number of fused-ring (bicyclic) bond motifs is 10. The van der Waals surface area contributed by atoms with Crippen LogP contribution in [0.4, 0.5) is 68.2 Å². The smallest absolute Gasteiger partial charge is 0.0728 e. The molecule has 0 atom stereocenters. The lowest BCUT2D eigenvalue weighted by Crippen LogP contribution is -2.27. The third-order valence-electron chi connectivity index (χ3n) is 19.9. The highest BCUT2D eigenvalue weighted by atomic mass is 15.2. The molecule has 0 saturated heterocycles. The van der Waals surface area contributed by atoms with Gasteiger partial charge in [0.1, 0.15) is 0 Å². The van der Waals surface area contributed by atoms with Crippen molar-refractivity contribution in [3.63, 3.8) is 0 Å². The number of allylic oxidation sites excluding steroid dienone is 1. The zero-order valence-corrected chi connectivity index (χ0v) is 55.0. The van der Waals surface area contributed by atoms with Crippen LogP contribution in [0.15, 0.2) is 315 Å². The number of aryl methyl sites for hydroxylation is 4. The van der Waals surface area contributed by atoms with E-state index >= 15 is 0 Å². The van der Waals surface area contributed by atoms with Crippen LogP contribution in [0.3, 0.4) is 0 Å². The van der Waals surface area contributed by atoms with Crippen LogP contribution in [0.5, 0.6) is 0 Å². The second-order valence-corrected chi connectivity index (χ2v) is 26.3. The van der Waals surface area contributed by atoms with E-state index < -0.39 is 5.41 Å². The lowest BCUT2D eigenvalue weighted by molar-refractivity contribution is 0.602. The van der Waals surface area contributed by atoms with Crippen molar-refractivity contribution in [3.8, 4) is 22.3 Å². The molecule has 1 spiro atoms. The van der Waals surface area contributed by atoms with Crippen LogP contribution >= 0.6 is 0 Å². The van der Waals surface area contributed by atoms with Gasteiger partial charge in [0.2, 0.25) is 0 Å². The van der Waals surface area contributed by atoms with E-state index in [1.807, 2.05) is 0 Å². The molecule has 0 amide bonds. The number of nitrogens with zero attached hydrogens (tertiary/aromatic N) is 4. The minimum Gasteiger partial charge on any atom is -0.310 e. The summed E-state index contributed by atoms with van der Waals surface area (Å²) in [5.41, 5.74) is 31.9. The lowest BCUT2D eigenvalue weighted by Gasteiger charge is -2.35. The minimum absolute atomic E-state index is 0.868. The van der Waals surface area contributed by atoms with Gasteiger partial charge in [0.25, 0.3) is 0 Å². The fraction of sp³-hybridized carbons (Fsp3) is 0.109. The quantitative estimate of drug-likeness (QED) is 0.0949. The molecule has 16 rings (SSSR count). The number of para-hydroxylation sites is 3. The Morgan fingerprint density at radius 2 is 0.479 bits per heavy atom. The van der Waals surface area contributed by atoms with Gasteiger partial charge in [-0.15, -0.1) is 0 Å². The van der Waals surface area contributed by atoms with Gasteiger partial charge in [-0.2, -0.15) is 0 Å². The van der Waals surface area contributed by atoms with Crippen molar-refractivity contribution < 1.29 is 0 Å². The molecule has 0 aliphatic heterocycles. The van der Waals surface area contributed by atoms with Crippen molar-refractivity contribution in [2.45, 2.75) is 65.2 Å². The first-order chi connectivity index (χ1) is 47.2. The summed E-state index contributed by atoms with van der Waals surface area (Å²) in [6, 6.07) is 116. The predicted molar refractivity (Wildman–Crippen MR) is 407 cm³/mol. The summed E-state index contributed by atoms with van der Waals surface area (Å²) in [5.74, 6) is 0. The Hall–Kier alpha value is -11.5. The van der Waals surface area contributed by atoms with Crippen molar-refractivity contribution in [2.24, 2.45) is 0 Å². The first-order valence-electron chi connectivity index (χ1n) is 34.0. The monoisotopic (exact) mass is 1240 g/mol. The van der Waals surface area contributed by atoms with E-state index in [2.05, 4.69) is 375 Å². The van der Waals surface area contributed by atoms with Gasteiger partial charge >= 0.3 is 0 Å². The highest BCUT2D eigenvalue weighted by Crippen LogP contribution is 2.65. The van der Waals surface area contributed by atoms with E-state index in [1.165, 1.54) is 110 Å². The average molecular weight is 1240 g/mol. The van der Waals surface area contributed by atoms with E-state index in [0.29, 0.717) is 0 Å². The number of rotatable bonds is 15. The van der Waals surface area contributed by atoms with E-state index in [4.69, 9.17) is 0 Å². The van der Waals surface area contributed by atoms with E-state index in [9.17, 15) is 0 Å². The molecule has 0 radical (unpaired) electrons. The molecule has 1 saturated carbocycles. The maximum atomic E-state index is 2.54. The third-order valence-corrected chi connectivity index (χ3v) is 19.9. The molecule has 464 valence electrons. The molecule has 0 heterocycles. The van der Waals surface area contributed by atoms with Gasteiger partial charge in [0.05, 0.1) is 5.41 Å². The van der Waals surface area contributed by atoms with Gasteiger partial charge in [-0.25, -0.2) is 0 Å². The largest absolute Gasteiger partial charge is 0.310 e. The second-order valence-electron chi connectivity index (χ2n) is 26.3. The molecule has 0 N–H and O–H groups in total. The molecule has 13 aromatic rings. The molecule has 1 fully saturated rings. The second kappa shape index (κ2) is 25.5. The lowest BCUT2D eigenvalue weighted by atomic mass is 9.70. The van der Waals surface area contributed by atoms with E-state index in [1.54, 1.807) is 5.57 Å². The highest BCUT2D eigenvalue weighted by Gasteiger charge is 2.53. The first-order valence-corrected chi connectivity index (χ1v) is 34.0. The van der Waals surface area contributed by atoms with Crippen LogP contribution in [0, 0.1) is 27.7 Å². The third kappa shape index (κ3) is 11.2. The summed E-state index contributed by atoms with van der Waals surface area (Å²) in [4.78, 5) is 9.74. The van der Waals surface area contributed by atoms with Crippen molar-refractivity contribution in [1.29, 1.82) is 0 Å². The topological polar surface area (TPSA) is 13.0 Å². The zero-order chi connectivity index (χ0) is 64.7. The normalized spacial score (nSPS) is 13.2. The number of anilines is 12. The Morgan fingerprint density at radius 3 is 0.771 bits per heavy atom. The van der Waals surface area contributed by atoms with Crippen LogP contribution in [-0.2, 0) is 5.41 Å². The van der Waals surface area contributed by atoms with Crippen LogP contribution in [0.2, 0.25) is 0 Å². The molecule has 4 heteroatoms. The van der Waals surface area contributed by atoms with Gasteiger partial charge in [0.15, 0.2) is 0 Å². The van der Waals surface area contributed by atoms with Crippen molar-refractivity contribution in [3.05, 3.63) is 376 Å². The molecular weight excluding hydrogens is 1160 g/mol. The molecule has 3 aliphatic carbocycles. The Morgan fingerprint density at radius 1 is 0.240 bits per heavy atom. The maximum absolute atomic E-state index is 2.54. The Kier molecular flexibility index (Phi) is 15.8. The van der Waals surface area contributed by atoms with E-state index in [0.717, 1.165) is 73.8 Å². The van der Waals surface area contributed by atoms with Gasteiger partial charge in [-0.05, 0) is 260 Å². The Bertz CT molecular complexity index is 4730. The fourth-order valence-electron chi connectivity index (χ4n) is 15.0. The fourth-order valence-corrected chi connectivity index (χ4v) is 15.0. The predicted octanol–water partition coefficient (Wildman–Crippen LogP) is 25.7. The average Bonchev–Trinajstić information content (AvgIpc) is 1.50. The summed E-state index contributed by atoms with van der Waals surface area (Å²) in [6.45, 7) is 8.67. The molecule has 0 bridgehead atoms. The van der Waals surface area contributed by atoms with Gasteiger partial charge in [-0.3, -0.25) is 0 Å². The molecule has 0 aromatic heterocycles. The summed E-state index contributed by atoms with van der Waals surface area (Å²) in [5, 5.41) is 0. The van der Waals surface area contributed by atoms with Crippen molar-refractivity contribution in [1.82, 2.24) is 0 Å². The minimum atomic E-state index is -0.868. The van der Waals surface area contributed by atoms with Crippen LogP contribution in [0.1, 0.15) is 93.3 Å². The SMILES string of the molecule is Cc1ccc(N(c2ccccc2)c2ccc3c(c2)C2(c4cc(N(c5ccccc5)c5ccc(C)cc5)ccc4-3)c3cc(N(c4ccccc4)c4ccc(C)cc4)ccc3-c3ccc(N(c4ccc(C)cc4)c4ccc(/C=C/c5ccc(C=C6CCCCC6)cc5)cc4)cc32)cc1. The molecule has 96 heavy (non-hydrogen) atoms. The Labute approximate surface area is 566 Å². The molecule has 13 aromatic carbocycles. The summed E-state index contributed by atoms with van der Waals surface area (Å²) in [6.07, 6.45) is 13.3. The summed E-state index contributed by atoms with van der Waals surface area (Å²) in [7, 11) is 0. The zero-order valence-electron chi connectivity index (χ0n) is 55.0. The van der Waals surface area contributed by atoms with Crippen LogP contribution in [0.25, 0.3) is 40.5 Å². The number of hydrogen-bond acceptors (Lipinski definition) is 4. The van der Waals surface area contributed by atoms with Crippen LogP contribution in [-0.4, -0.2) is 0 Å².